The highest BCUT2D eigenvalue weighted by atomic mass is 14.2. The highest BCUT2D eigenvalue weighted by Gasteiger charge is 2.05. The predicted octanol–water partition coefficient (Wildman–Crippen LogP) is 4.39. The highest BCUT2D eigenvalue weighted by Crippen LogP contribution is 2.20. The van der Waals surface area contributed by atoms with Crippen molar-refractivity contribution >= 4 is 0 Å². The lowest BCUT2D eigenvalue weighted by atomic mass is 9.93. The molecule has 15 heavy (non-hydrogen) atoms. The van der Waals surface area contributed by atoms with Gasteiger partial charge in [-0.25, -0.2) is 0 Å². The molecule has 1 heteroatoms. The molecular weight excluding hydrogens is 182 g/mol. The van der Waals surface area contributed by atoms with Crippen LogP contribution in [0.15, 0.2) is 36.0 Å². The Morgan fingerprint density at radius 3 is 2.60 bits per heavy atom. The fourth-order valence-corrected chi connectivity index (χ4v) is 1.50. The summed E-state index contributed by atoms with van der Waals surface area (Å²) >= 11 is 0. The van der Waals surface area contributed by atoms with Crippen molar-refractivity contribution in [1.29, 1.82) is 5.26 Å². The van der Waals surface area contributed by atoms with Crippen molar-refractivity contribution in [1.82, 2.24) is 0 Å². The van der Waals surface area contributed by atoms with Crippen LogP contribution in [0.3, 0.4) is 0 Å². The minimum absolute atomic E-state index is 0.526. The highest BCUT2D eigenvalue weighted by molar-refractivity contribution is 5.39. The molecule has 1 nitrogen and oxygen atoms in total. The van der Waals surface area contributed by atoms with Gasteiger partial charge in [-0.3, -0.25) is 0 Å². The molecule has 0 saturated carbocycles. The fourth-order valence-electron chi connectivity index (χ4n) is 1.50. The summed E-state index contributed by atoms with van der Waals surface area (Å²) in [5.41, 5.74) is 1.88. The van der Waals surface area contributed by atoms with Crippen molar-refractivity contribution in [2.24, 2.45) is 5.92 Å². The molecule has 0 heterocycles. The van der Waals surface area contributed by atoms with Crippen LogP contribution in [0.2, 0.25) is 0 Å². The molecule has 0 amide bonds. The minimum atomic E-state index is 0.526. The zero-order valence-electron chi connectivity index (χ0n) is 10.1. The maximum absolute atomic E-state index is 8.81. The quantitative estimate of drug-likeness (QED) is 0.464. The summed E-state index contributed by atoms with van der Waals surface area (Å²) in [4.78, 5) is 0. The molecule has 0 aliphatic rings. The van der Waals surface area contributed by atoms with Crippen LogP contribution in [0, 0.1) is 17.2 Å². The first-order chi connectivity index (χ1) is 7.19. The molecule has 0 aromatic rings. The predicted molar refractivity (Wildman–Crippen MR) is 66.3 cm³/mol. The summed E-state index contributed by atoms with van der Waals surface area (Å²) in [6, 6.07) is 2.13. The summed E-state index contributed by atoms with van der Waals surface area (Å²) in [5.74, 6) is 0.526. The molecule has 0 N–H and O–H groups in total. The third-order valence-corrected chi connectivity index (χ3v) is 2.56. The van der Waals surface area contributed by atoms with Crippen LogP contribution in [0.1, 0.15) is 40.0 Å². The molecule has 0 aromatic carbocycles. The molecule has 1 unspecified atom stereocenters. The molecule has 0 radical (unpaired) electrons. The number of nitriles is 1. The molecule has 0 saturated heterocycles. The van der Waals surface area contributed by atoms with Crippen LogP contribution in [0.4, 0.5) is 0 Å². The van der Waals surface area contributed by atoms with Crippen LogP contribution >= 0.6 is 0 Å². The Kier molecular flexibility index (Phi) is 7.36. The van der Waals surface area contributed by atoms with E-state index in [1.165, 1.54) is 24.8 Å². The van der Waals surface area contributed by atoms with Gasteiger partial charge >= 0.3 is 0 Å². The van der Waals surface area contributed by atoms with Crippen LogP contribution in [-0.4, -0.2) is 0 Å². The van der Waals surface area contributed by atoms with Crippen molar-refractivity contribution in [2.45, 2.75) is 40.0 Å². The molecule has 0 rings (SSSR count). The van der Waals surface area contributed by atoms with Gasteiger partial charge in [0.05, 0.1) is 11.6 Å². The van der Waals surface area contributed by atoms with Crippen LogP contribution in [0.5, 0.6) is 0 Å². The Morgan fingerprint density at radius 2 is 2.20 bits per heavy atom. The molecule has 0 bridgehead atoms. The number of allylic oxidation sites excluding steroid dienone is 5. The third kappa shape index (κ3) is 5.22. The standard InChI is InChI=1S/C14H21N/c1-5-8-9-12(4)14(7-3)10-13(6-2)11-15/h6-7,10,12H,2,5,8-9H2,1,3-4H3/b13-10+,14-7+. The minimum Gasteiger partial charge on any atom is -0.192 e. The van der Waals surface area contributed by atoms with Gasteiger partial charge in [-0.1, -0.05) is 45.4 Å². The second-order valence-corrected chi connectivity index (χ2v) is 3.75. The first-order valence-electron chi connectivity index (χ1n) is 5.60. The lowest BCUT2D eigenvalue weighted by Gasteiger charge is -2.12. The number of hydrogen-bond acceptors (Lipinski definition) is 1. The van der Waals surface area contributed by atoms with E-state index in [-0.39, 0.29) is 0 Å². The van der Waals surface area contributed by atoms with E-state index >= 15 is 0 Å². The lowest BCUT2D eigenvalue weighted by Crippen LogP contribution is -1.97. The maximum atomic E-state index is 8.81. The smallest absolute Gasteiger partial charge is 0.0991 e. The van der Waals surface area contributed by atoms with Gasteiger partial charge in [-0.05, 0) is 30.9 Å². The van der Waals surface area contributed by atoms with Crippen LogP contribution in [-0.2, 0) is 0 Å². The van der Waals surface area contributed by atoms with E-state index in [9.17, 15) is 0 Å². The first kappa shape index (κ1) is 13.7. The molecule has 0 aromatic heterocycles. The second kappa shape index (κ2) is 8.05. The number of hydrogen-bond donors (Lipinski definition) is 0. The van der Waals surface area contributed by atoms with Crippen LogP contribution in [0.25, 0.3) is 0 Å². The first-order valence-corrected chi connectivity index (χ1v) is 5.60. The molecular formula is C14H21N. The van der Waals surface area contributed by atoms with E-state index in [1.807, 2.05) is 13.0 Å². The average Bonchev–Trinajstić information content (AvgIpc) is 2.27. The summed E-state index contributed by atoms with van der Waals surface area (Å²) in [7, 11) is 0. The lowest BCUT2D eigenvalue weighted by molar-refractivity contribution is 0.580. The van der Waals surface area contributed by atoms with E-state index in [1.54, 1.807) is 6.08 Å². The summed E-state index contributed by atoms with van der Waals surface area (Å²) in [6.07, 6.45) is 9.27. The van der Waals surface area contributed by atoms with E-state index in [0.717, 1.165) is 0 Å². The second-order valence-electron chi connectivity index (χ2n) is 3.75. The van der Waals surface area contributed by atoms with Gasteiger partial charge in [0, 0.05) is 0 Å². The van der Waals surface area contributed by atoms with E-state index in [0.29, 0.717) is 11.5 Å². The Labute approximate surface area is 93.8 Å². The van der Waals surface area contributed by atoms with Crippen molar-refractivity contribution in [2.75, 3.05) is 0 Å². The van der Waals surface area contributed by atoms with Gasteiger partial charge in [0.2, 0.25) is 0 Å². The van der Waals surface area contributed by atoms with Crippen molar-refractivity contribution < 1.29 is 0 Å². The Hall–Kier alpha value is -1.29. The van der Waals surface area contributed by atoms with Gasteiger partial charge in [-0.2, -0.15) is 5.26 Å². The van der Waals surface area contributed by atoms with Crippen molar-refractivity contribution in [3.63, 3.8) is 0 Å². The van der Waals surface area contributed by atoms with Crippen molar-refractivity contribution in [3.8, 4) is 6.07 Å². The van der Waals surface area contributed by atoms with Gasteiger partial charge in [0.15, 0.2) is 0 Å². The number of unbranched alkanes of at least 4 members (excludes halogenated alkanes) is 1. The summed E-state index contributed by atoms with van der Waals surface area (Å²) in [6.45, 7) is 10.0. The van der Waals surface area contributed by atoms with E-state index in [4.69, 9.17) is 5.26 Å². The number of nitrogens with zero attached hydrogens (tertiary/aromatic N) is 1. The zero-order chi connectivity index (χ0) is 11.7. The molecule has 0 fully saturated rings. The zero-order valence-corrected chi connectivity index (χ0v) is 10.1. The Morgan fingerprint density at radius 1 is 1.53 bits per heavy atom. The summed E-state index contributed by atoms with van der Waals surface area (Å²) < 4.78 is 0. The molecule has 0 spiro atoms. The van der Waals surface area contributed by atoms with Gasteiger partial charge < -0.3 is 0 Å². The Bertz CT molecular complexity index is 289. The monoisotopic (exact) mass is 203 g/mol. The SMILES string of the molecule is C=C/C(C#N)=C\C(=C/C)C(C)CCCC. The maximum Gasteiger partial charge on any atom is 0.0991 e. The largest absolute Gasteiger partial charge is 0.192 e. The average molecular weight is 203 g/mol. The van der Waals surface area contributed by atoms with Gasteiger partial charge in [0.25, 0.3) is 0 Å². The molecule has 0 aliphatic heterocycles. The third-order valence-electron chi connectivity index (χ3n) is 2.56. The topological polar surface area (TPSA) is 23.8 Å². The van der Waals surface area contributed by atoms with Gasteiger partial charge in [0.1, 0.15) is 0 Å². The normalized spacial score (nSPS) is 14.5. The van der Waals surface area contributed by atoms with Gasteiger partial charge in [-0.15, -0.1) is 0 Å². The fraction of sp³-hybridized carbons (Fsp3) is 0.500. The molecule has 1 atom stereocenters. The molecule has 82 valence electrons. The van der Waals surface area contributed by atoms with E-state index in [2.05, 4.69) is 32.6 Å². The van der Waals surface area contributed by atoms with Crippen molar-refractivity contribution in [3.05, 3.63) is 36.0 Å². The van der Waals surface area contributed by atoms with Crippen LogP contribution < -0.4 is 0 Å². The number of rotatable bonds is 6. The summed E-state index contributed by atoms with van der Waals surface area (Å²) in [5, 5.41) is 8.81. The molecule has 0 aliphatic carbocycles. The Balaban J connectivity index is 4.58. The van der Waals surface area contributed by atoms with E-state index < -0.39 is 0 Å².